The molecule has 10 N–H and O–H groups in total. The van der Waals surface area contributed by atoms with Gasteiger partial charge in [-0.25, -0.2) is 0 Å². The maximum Gasteiger partial charge on any atom is 0.250 e. The van der Waals surface area contributed by atoms with Gasteiger partial charge in [0.15, 0.2) is 4.84 Å². The lowest BCUT2D eigenvalue weighted by Crippen LogP contribution is -2.96. The predicted octanol–water partition coefficient (Wildman–Crippen LogP) is -5.14. The van der Waals surface area contributed by atoms with E-state index < -0.39 is 23.0 Å². The van der Waals surface area contributed by atoms with Crippen molar-refractivity contribution in [2.75, 3.05) is 39.4 Å². The number of hydrogen-bond donors (Lipinski definition) is 7. The number of carbonyl (C=O) groups excluding carboxylic acids is 1. The van der Waals surface area contributed by atoms with E-state index in [0.29, 0.717) is 13.1 Å². The van der Waals surface area contributed by atoms with Gasteiger partial charge in [0.1, 0.15) is 38.4 Å². The molecule has 12 heteroatoms. The van der Waals surface area contributed by atoms with Crippen LogP contribution in [0.5, 0.6) is 0 Å². The van der Waals surface area contributed by atoms with Crippen LogP contribution in [0.25, 0.3) is 0 Å². The van der Waals surface area contributed by atoms with Crippen LogP contribution in [-0.4, -0.2) is 82.8 Å². The molecule has 2 atom stereocenters. The highest BCUT2D eigenvalue weighted by molar-refractivity contribution is 6.53. The van der Waals surface area contributed by atoms with E-state index in [-0.39, 0.29) is 24.7 Å². The first-order chi connectivity index (χ1) is 12.8. The molecule has 0 rings (SSSR count). The Balaban J connectivity index is -0.000000169. The fraction of sp³-hybridized carbons (Fsp3) is 0.688. The zero-order valence-electron chi connectivity index (χ0n) is 16.4. The average molecular weight is 452 g/mol. The van der Waals surface area contributed by atoms with Crippen molar-refractivity contribution in [3.8, 4) is 0 Å². The minimum Gasteiger partial charge on any atom is -0.876 e. The summed E-state index contributed by atoms with van der Waals surface area (Å²) in [7, 11) is 0. The van der Waals surface area contributed by atoms with Gasteiger partial charge in [-0.3, -0.25) is 4.79 Å². The topological polar surface area (TPSA) is 203 Å². The van der Waals surface area contributed by atoms with Crippen LogP contribution >= 0.6 is 23.2 Å². The number of carbonyl (C=O) groups is 1. The molecular formula is C16H35Cl2N3O7. The minimum atomic E-state index is -1.06. The van der Waals surface area contributed by atoms with E-state index in [9.17, 15) is 15.0 Å². The third kappa shape index (κ3) is 56.3. The van der Waals surface area contributed by atoms with Crippen molar-refractivity contribution in [1.82, 2.24) is 0 Å². The van der Waals surface area contributed by atoms with Crippen LogP contribution in [0.15, 0.2) is 24.7 Å². The number of quaternary nitrogens is 2. The minimum absolute atomic E-state index is 0.0833. The molecule has 0 heterocycles. The third-order valence-electron chi connectivity index (χ3n) is 2.09. The monoisotopic (exact) mass is 451 g/mol. The normalized spacial score (nSPS) is 11.5. The fourth-order valence-electron chi connectivity index (χ4n) is 1.01. The molecule has 0 aliphatic carbocycles. The third-order valence-corrected chi connectivity index (χ3v) is 2.52. The Kier molecular flexibility index (Phi) is 31.8. The summed E-state index contributed by atoms with van der Waals surface area (Å²) in [6, 6.07) is 0. The van der Waals surface area contributed by atoms with Gasteiger partial charge in [0.25, 0.3) is 5.91 Å². The molecule has 0 spiro atoms. The molecule has 0 aliphatic rings. The summed E-state index contributed by atoms with van der Waals surface area (Å²) in [5.74, 6) is -0.877. The second kappa shape index (κ2) is 25.9. The van der Waals surface area contributed by atoms with Crippen LogP contribution in [-0.2, 0) is 4.79 Å². The number of aliphatic hydroxyl groups excluding tert-OH is 4. The van der Waals surface area contributed by atoms with E-state index in [1.807, 2.05) is 10.6 Å². The fourth-order valence-corrected chi connectivity index (χ4v) is 1.01. The number of rotatable bonds is 10. The van der Waals surface area contributed by atoms with Crippen LogP contribution in [0.1, 0.15) is 13.8 Å². The number of amides is 1. The Morgan fingerprint density at radius 1 is 0.964 bits per heavy atom. The second-order valence-corrected chi connectivity index (χ2v) is 6.50. The SMILES string of the molecule is C=C(C)[O-].C=C(C)[O-].NC(=O)C(Cl)Cl.OCC(O)C[NH2+]CC[NH2+]CC(O)CO. The smallest absolute Gasteiger partial charge is 0.250 e. The zero-order chi connectivity index (χ0) is 23.1. The molecule has 0 aromatic heterocycles. The molecule has 170 valence electrons. The largest absolute Gasteiger partial charge is 0.876 e. The van der Waals surface area contributed by atoms with Gasteiger partial charge in [0.05, 0.1) is 13.2 Å². The van der Waals surface area contributed by atoms with Gasteiger partial charge in [-0.15, -0.1) is 24.7 Å². The van der Waals surface area contributed by atoms with Gasteiger partial charge in [0, 0.05) is 0 Å². The highest BCUT2D eigenvalue weighted by atomic mass is 35.5. The summed E-state index contributed by atoms with van der Waals surface area (Å²) in [6.45, 7) is 11.0. The van der Waals surface area contributed by atoms with E-state index in [1.165, 1.54) is 13.8 Å². The molecule has 0 radical (unpaired) electrons. The van der Waals surface area contributed by atoms with E-state index in [2.05, 4.69) is 18.9 Å². The Hall–Kier alpha value is -1.11. The Bertz CT molecular complexity index is 355. The molecule has 0 saturated heterocycles. The van der Waals surface area contributed by atoms with Crippen molar-refractivity contribution in [2.24, 2.45) is 5.73 Å². The molecule has 2 unspecified atom stereocenters. The lowest BCUT2D eigenvalue weighted by atomic mass is 10.3. The summed E-state index contributed by atoms with van der Waals surface area (Å²) in [5, 5.41) is 57.4. The van der Waals surface area contributed by atoms with Crippen molar-refractivity contribution < 1.29 is 46.1 Å². The van der Waals surface area contributed by atoms with Gasteiger partial charge in [-0.1, -0.05) is 37.0 Å². The molecule has 0 aromatic rings. The van der Waals surface area contributed by atoms with Crippen molar-refractivity contribution in [3.63, 3.8) is 0 Å². The van der Waals surface area contributed by atoms with Crippen molar-refractivity contribution in [3.05, 3.63) is 24.7 Å². The highest BCUT2D eigenvalue weighted by Gasteiger charge is 2.05. The van der Waals surface area contributed by atoms with E-state index in [4.69, 9.17) is 43.6 Å². The molecule has 0 aliphatic heterocycles. The quantitative estimate of drug-likeness (QED) is 0.0974. The summed E-state index contributed by atoms with van der Waals surface area (Å²) >= 11 is 9.81. The molecule has 10 nitrogen and oxygen atoms in total. The standard InChI is InChI=1S/C8H20N2O4.2C3H6O.C2H3Cl2NO/c11-5-7(13)3-9-1-2-10-4-8(14)6-12;2*1-3(2)4;3-1(4)2(5)6/h7-14H,1-6H2;2*4H,1H2,2H3;1H,(H2,5,6). The van der Waals surface area contributed by atoms with Crippen molar-refractivity contribution >= 4 is 29.1 Å². The van der Waals surface area contributed by atoms with Crippen molar-refractivity contribution in [1.29, 1.82) is 0 Å². The van der Waals surface area contributed by atoms with Crippen LogP contribution in [0.3, 0.4) is 0 Å². The number of allylic oxidation sites excluding steroid dienone is 2. The summed E-state index contributed by atoms with van der Waals surface area (Å²) < 4.78 is 0. The Morgan fingerprint density at radius 2 is 1.18 bits per heavy atom. The Morgan fingerprint density at radius 3 is 1.32 bits per heavy atom. The molecule has 0 fully saturated rings. The number of primary amides is 1. The molecule has 0 saturated carbocycles. The number of halogens is 2. The number of alkyl halides is 2. The maximum atomic E-state index is 9.66. The predicted molar refractivity (Wildman–Crippen MR) is 104 cm³/mol. The summed E-state index contributed by atoms with van der Waals surface area (Å²) in [6.07, 6.45) is -1.31. The highest BCUT2D eigenvalue weighted by Crippen LogP contribution is 1.97. The molecule has 0 aromatic carbocycles. The van der Waals surface area contributed by atoms with Crippen LogP contribution < -0.4 is 26.6 Å². The average Bonchev–Trinajstić information content (AvgIpc) is 2.56. The lowest BCUT2D eigenvalue weighted by Gasteiger charge is -2.07. The summed E-state index contributed by atoms with van der Waals surface area (Å²) in [4.78, 5) is 8.59. The summed E-state index contributed by atoms with van der Waals surface area (Å²) in [5.41, 5.74) is 4.53. The lowest BCUT2D eigenvalue weighted by molar-refractivity contribution is -0.728. The van der Waals surface area contributed by atoms with Crippen LogP contribution in [0.2, 0.25) is 0 Å². The molecular weight excluding hydrogens is 417 g/mol. The van der Waals surface area contributed by atoms with Gasteiger partial charge < -0.3 is 47.0 Å². The Labute approximate surface area is 176 Å². The molecule has 28 heavy (non-hydrogen) atoms. The van der Waals surface area contributed by atoms with Gasteiger partial charge >= 0.3 is 0 Å². The van der Waals surface area contributed by atoms with E-state index in [1.54, 1.807) is 0 Å². The van der Waals surface area contributed by atoms with E-state index in [0.717, 1.165) is 13.1 Å². The first-order valence-electron chi connectivity index (χ1n) is 8.25. The first kappa shape index (κ1) is 34.4. The van der Waals surface area contributed by atoms with E-state index >= 15 is 0 Å². The first-order valence-corrected chi connectivity index (χ1v) is 9.12. The van der Waals surface area contributed by atoms with Crippen molar-refractivity contribution in [2.45, 2.75) is 30.9 Å². The van der Waals surface area contributed by atoms with Gasteiger partial charge in [-0.05, 0) is 0 Å². The van der Waals surface area contributed by atoms with Crippen LogP contribution in [0.4, 0.5) is 0 Å². The number of hydrogen-bond acceptors (Lipinski definition) is 7. The molecule has 0 bridgehead atoms. The zero-order valence-corrected chi connectivity index (χ0v) is 17.9. The number of nitrogens with two attached hydrogens (primary N) is 3. The van der Waals surface area contributed by atoms with Gasteiger partial charge in [0.2, 0.25) is 0 Å². The maximum absolute atomic E-state index is 9.66. The molecule has 1 amide bonds. The van der Waals surface area contributed by atoms with Crippen LogP contribution in [0, 0.1) is 0 Å². The van der Waals surface area contributed by atoms with Gasteiger partial charge in [-0.2, -0.15) is 0 Å². The number of aliphatic hydroxyl groups is 4. The second-order valence-electron chi connectivity index (χ2n) is 5.41.